The Balaban J connectivity index is 1.89. The number of halogens is 2. The van der Waals surface area contributed by atoms with E-state index >= 15 is 0 Å². The van der Waals surface area contributed by atoms with Gasteiger partial charge in [-0.2, -0.15) is 5.26 Å². The summed E-state index contributed by atoms with van der Waals surface area (Å²) < 4.78 is 0. The number of anilines is 1. The van der Waals surface area contributed by atoms with E-state index < -0.39 is 11.5 Å². The number of carbonyl (C=O) groups is 1. The second-order valence-corrected chi connectivity index (χ2v) is 7.26. The molecular formula is C22H14Cl2N2O. The zero-order valence-corrected chi connectivity index (χ0v) is 15.7. The molecule has 1 heterocycles. The molecule has 0 radical (unpaired) electrons. The second-order valence-electron chi connectivity index (χ2n) is 6.39. The van der Waals surface area contributed by atoms with Crippen molar-refractivity contribution in [3.8, 4) is 6.07 Å². The van der Waals surface area contributed by atoms with Gasteiger partial charge in [0.2, 0.25) is 0 Å². The largest absolute Gasteiger partial charge is 0.301 e. The van der Waals surface area contributed by atoms with E-state index in [2.05, 4.69) is 6.07 Å². The molecule has 0 saturated carbocycles. The Labute approximate surface area is 167 Å². The highest BCUT2D eigenvalue weighted by molar-refractivity contribution is 6.31. The lowest BCUT2D eigenvalue weighted by atomic mass is 9.64. The van der Waals surface area contributed by atoms with E-state index in [1.165, 1.54) is 0 Å². The molecule has 2 atom stereocenters. The van der Waals surface area contributed by atoms with Crippen molar-refractivity contribution < 1.29 is 4.79 Å². The molecule has 27 heavy (non-hydrogen) atoms. The fraction of sp³-hybridized carbons (Fsp3) is 0.0909. The van der Waals surface area contributed by atoms with Crippen LogP contribution in [0.3, 0.4) is 0 Å². The highest BCUT2D eigenvalue weighted by atomic mass is 35.5. The predicted octanol–water partition coefficient (Wildman–Crippen LogP) is 5.54. The van der Waals surface area contributed by atoms with Gasteiger partial charge in [-0.05, 0) is 47.5 Å². The zero-order chi connectivity index (χ0) is 19.0. The van der Waals surface area contributed by atoms with E-state index in [4.69, 9.17) is 23.2 Å². The molecule has 0 aliphatic carbocycles. The second kappa shape index (κ2) is 6.74. The average Bonchev–Trinajstić information content (AvgIpc) is 2.70. The number of rotatable bonds is 3. The van der Waals surface area contributed by atoms with Crippen LogP contribution >= 0.6 is 23.2 Å². The summed E-state index contributed by atoms with van der Waals surface area (Å²) >= 11 is 12.0. The summed E-state index contributed by atoms with van der Waals surface area (Å²) in [5, 5.41) is 11.3. The van der Waals surface area contributed by atoms with Gasteiger partial charge < -0.3 is 4.90 Å². The molecule has 1 aliphatic rings. The summed E-state index contributed by atoms with van der Waals surface area (Å²) in [6, 6.07) is 25.3. The van der Waals surface area contributed by atoms with Crippen LogP contribution in [-0.2, 0) is 10.2 Å². The fourth-order valence-corrected chi connectivity index (χ4v) is 3.87. The SMILES string of the molecule is N#C[C@]1(c2ccccc2)C(=O)N(c2ccc(Cl)cc2)[C@@H]1c1ccc(Cl)cc1. The van der Waals surface area contributed by atoms with Gasteiger partial charge in [-0.25, -0.2) is 0 Å². The van der Waals surface area contributed by atoms with Crippen LogP contribution in [0.1, 0.15) is 17.2 Å². The molecule has 3 nitrogen and oxygen atoms in total. The van der Waals surface area contributed by atoms with Gasteiger partial charge in [-0.15, -0.1) is 0 Å². The minimum atomic E-state index is -1.28. The predicted molar refractivity (Wildman–Crippen MR) is 107 cm³/mol. The lowest BCUT2D eigenvalue weighted by Gasteiger charge is -2.52. The van der Waals surface area contributed by atoms with Crippen LogP contribution in [0.2, 0.25) is 10.0 Å². The topological polar surface area (TPSA) is 44.1 Å². The highest BCUT2D eigenvalue weighted by Crippen LogP contribution is 2.53. The highest BCUT2D eigenvalue weighted by Gasteiger charge is 2.63. The smallest absolute Gasteiger partial charge is 0.255 e. The molecule has 3 aromatic rings. The van der Waals surface area contributed by atoms with E-state index in [1.807, 2.05) is 42.5 Å². The molecule has 1 amide bonds. The molecule has 5 heteroatoms. The van der Waals surface area contributed by atoms with Crippen LogP contribution in [0.25, 0.3) is 0 Å². The maximum Gasteiger partial charge on any atom is 0.255 e. The van der Waals surface area contributed by atoms with Crippen LogP contribution in [0.15, 0.2) is 78.9 Å². The van der Waals surface area contributed by atoms with E-state index in [9.17, 15) is 10.1 Å². The normalized spacial score (nSPS) is 21.4. The first-order valence-electron chi connectivity index (χ1n) is 8.39. The van der Waals surface area contributed by atoms with Crippen LogP contribution < -0.4 is 4.90 Å². The number of hydrogen-bond donors (Lipinski definition) is 0. The van der Waals surface area contributed by atoms with Gasteiger partial charge >= 0.3 is 0 Å². The van der Waals surface area contributed by atoms with Crippen molar-refractivity contribution in [1.82, 2.24) is 0 Å². The van der Waals surface area contributed by atoms with Gasteiger partial charge in [0.1, 0.15) is 0 Å². The van der Waals surface area contributed by atoms with E-state index in [0.717, 1.165) is 5.56 Å². The van der Waals surface area contributed by atoms with Crippen LogP contribution in [-0.4, -0.2) is 5.91 Å². The summed E-state index contributed by atoms with van der Waals surface area (Å²) in [6.45, 7) is 0. The van der Waals surface area contributed by atoms with E-state index in [-0.39, 0.29) is 5.91 Å². The van der Waals surface area contributed by atoms with Crippen molar-refractivity contribution in [2.24, 2.45) is 0 Å². The number of amides is 1. The molecule has 0 unspecified atom stereocenters. The Morgan fingerprint density at radius 2 is 1.41 bits per heavy atom. The van der Waals surface area contributed by atoms with Crippen molar-refractivity contribution in [2.45, 2.75) is 11.5 Å². The van der Waals surface area contributed by atoms with Gasteiger partial charge in [0.25, 0.3) is 5.91 Å². The Morgan fingerprint density at radius 3 is 1.96 bits per heavy atom. The number of benzene rings is 3. The summed E-state index contributed by atoms with van der Waals surface area (Å²) in [4.78, 5) is 14.9. The van der Waals surface area contributed by atoms with Crippen LogP contribution in [0, 0.1) is 11.3 Å². The Hall–Kier alpha value is -2.80. The average molecular weight is 393 g/mol. The lowest BCUT2D eigenvalue weighted by Crippen LogP contribution is -2.66. The summed E-state index contributed by atoms with van der Waals surface area (Å²) in [6.07, 6.45) is 0. The quantitative estimate of drug-likeness (QED) is 0.548. The molecule has 4 rings (SSSR count). The molecule has 0 bridgehead atoms. The molecule has 0 spiro atoms. The first kappa shape index (κ1) is 17.6. The van der Waals surface area contributed by atoms with Crippen molar-refractivity contribution in [2.75, 3.05) is 4.90 Å². The number of β-lactam (4-membered cyclic amide) rings is 1. The van der Waals surface area contributed by atoms with E-state index in [0.29, 0.717) is 21.3 Å². The van der Waals surface area contributed by atoms with Gasteiger partial charge in [-0.3, -0.25) is 4.79 Å². The van der Waals surface area contributed by atoms with Crippen LogP contribution in [0.4, 0.5) is 5.69 Å². The fourth-order valence-electron chi connectivity index (χ4n) is 3.62. The summed E-state index contributed by atoms with van der Waals surface area (Å²) in [5.41, 5.74) is 0.947. The molecule has 1 saturated heterocycles. The number of carbonyl (C=O) groups excluding carboxylic acids is 1. The number of nitrogens with zero attached hydrogens (tertiary/aromatic N) is 2. The van der Waals surface area contributed by atoms with Gasteiger partial charge in [0.15, 0.2) is 5.41 Å². The molecule has 1 aliphatic heterocycles. The van der Waals surface area contributed by atoms with Crippen LogP contribution in [0.5, 0.6) is 0 Å². The summed E-state index contributed by atoms with van der Waals surface area (Å²) in [5.74, 6) is -0.251. The summed E-state index contributed by atoms with van der Waals surface area (Å²) in [7, 11) is 0. The Kier molecular flexibility index (Phi) is 4.39. The standard InChI is InChI=1S/C22H14Cl2N2O/c23-17-8-6-15(7-9-17)20-22(14-25,16-4-2-1-3-5-16)21(27)26(20)19-12-10-18(24)11-13-19/h1-13,20H/t20-,22-/m1/s1. The molecule has 132 valence electrons. The number of nitriles is 1. The molecule has 0 aromatic heterocycles. The lowest BCUT2D eigenvalue weighted by molar-refractivity contribution is -0.130. The Morgan fingerprint density at radius 1 is 0.852 bits per heavy atom. The zero-order valence-electron chi connectivity index (χ0n) is 14.1. The number of hydrogen-bond acceptors (Lipinski definition) is 2. The van der Waals surface area contributed by atoms with E-state index in [1.54, 1.807) is 41.3 Å². The minimum Gasteiger partial charge on any atom is -0.301 e. The van der Waals surface area contributed by atoms with Crippen molar-refractivity contribution in [1.29, 1.82) is 5.26 Å². The monoisotopic (exact) mass is 392 g/mol. The third-order valence-corrected chi connectivity index (χ3v) is 5.42. The first-order valence-corrected chi connectivity index (χ1v) is 9.15. The minimum absolute atomic E-state index is 0.251. The third kappa shape index (κ3) is 2.70. The Bertz CT molecular complexity index is 1030. The molecule has 3 aromatic carbocycles. The van der Waals surface area contributed by atoms with Gasteiger partial charge in [0, 0.05) is 15.7 Å². The van der Waals surface area contributed by atoms with Crippen molar-refractivity contribution >= 4 is 34.8 Å². The third-order valence-electron chi connectivity index (χ3n) is 4.92. The molecule has 0 N–H and O–H groups in total. The van der Waals surface area contributed by atoms with Gasteiger partial charge in [0.05, 0.1) is 12.1 Å². The van der Waals surface area contributed by atoms with Gasteiger partial charge in [-0.1, -0.05) is 65.7 Å². The van der Waals surface area contributed by atoms with Crippen molar-refractivity contribution in [3.05, 3.63) is 100 Å². The molecule has 1 fully saturated rings. The maximum absolute atomic E-state index is 13.3. The maximum atomic E-state index is 13.3. The molecular weight excluding hydrogens is 379 g/mol. The first-order chi connectivity index (χ1) is 13.1. The van der Waals surface area contributed by atoms with Crippen molar-refractivity contribution in [3.63, 3.8) is 0 Å².